The normalized spacial score (nSPS) is 17.7. The van der Waals surface area contributed by atoms with Crippen LogP contribution in [0.3, 0.4) is 0 Å². The third-order valence-corrected chi connectivity index (χ3v) is 5.65. The maximum absolute atomic E-state index is 5.79. The zero-order valence-electron chi connectivity index (χ0n) is 20.4. The molecule has 6 nitrogen and oxygen atoms in total. The first kappa shape index (κ1) is 28.0. The van der Waals surface area contributed by atoms with Crippen LogP contribution in [0.5, 0.6) is 5.75 Å². The number of nitrogens with one attached hydrogen (secondary N) is 2. The van der Waals surface area contributed by atoms with E-state index in [4.69, 9.17) is 9.73 Å². The standard InChI is InChI=1S/C24H43N5O.HI/c1-7-25-24(26-17-20(5)29-15-13-28(8-2)14-16-29)27-21(6)22-9-11-23(12-10-22)30-18-19(3)4;/h9-12,19-21H,7-8,13-18H2,1-6H3,(H2,25,26,27);1H. The van der Waals surface area contributed by atoms with Crippen LogP contribution in [0.25, 0.3) is 0 Å². The molecule has 2 atom stereocenters. The number of nitrogens with zero attached hydrogens (tertiary/aromatic N) is 3. The minimum Gasteiger partial charge on any atom is -0.493 e. The number of piperazine rings is 1. The lowest BCUT2D eigenvalue weighted by atomic mass is 10.1. The Morgan fingerprint density at radius 3 is 2.23 bits per heavy atom. The van der Waals surface area contributed by atoms with Crippen molar-refractivity contribution in [1.82, 2.24) is 20.4 Å². The summed E-state index contributed by atoms with van der Waals surface area (Å²) in [5.41, 5.74) is 1.22. The number of guanidine groups is 1. The Hall–Kier alpha value is -1.06. The monoisotopic (exact) mass is 545 g/mol. The van der Waals surface area contributed by atoms with Crippen LogP contribution in [-0.4, -0.2) is 74.2 Å². The van der Waals surface area contributed by atoms with E-state index in [0.717, 1.165) is 64.1 Å². The van der Waals surface area contributed by atoms with Crippen molar-refractivity contribution in [2.24, 2.45) is 10.9 Å². The number of aliphatic imine (C=N–C) groups is 1. The summed E-state index contributed by atoms with van der Waals surface area (Å²) in [4.78, 5) is 9.94. The highest BCUT2D eigenvalue weighted by atomic mass is 127. The lowest BCUT2D eigenvalue weighted by molar-refractivity contribution is 0.109. The lowest BCUT2D eigenvalue weighted by Gasteiger charge is -2.37. The number of benzene rings is 1. The Labute approximate surface area is 207 Å². The molecule has 1 fully saturated rings. The van der Waals surface area contributed by atoms with E-state index >= 15 is 0 Å². The van der Waals surface area contributed by atoms with Gasteiger partial charge in [0, 0.05) is 38.8 Å². The van der Waals surface area contributed by atoms with Crippen LogP contribution in [0.4, 0.5) is 0 Å². The molecule has 0 saturated carbocycles. The van der Waals surface area contributed by atoms with Gasteiger partial charge >= 0.3 is 0 Å². The van der Waals surface area contributed by atoms with E-state index < -0.39 is 0 Å². The van der Waals surface area contributed by atoms with Crippen molar-refractivity contribution in [3.8, 4) is 5.75 Å². The van der Waals surface area contributed by atoms with Crippen LogP contribution in [0.15, 0.2) is 29.3 Å². The van der Waals surface area contributed by atoms with Crippen molar-refractivity contribution in [3.63, 3.8) is 0 Å². The van der Waals surface area contributed by atoms with E-state index in [1.807, 2.05) is 0 Å². The predicted octanol–water partition coefficient (Wildman–Crippen LogP) is 3.98. The van der Waals surface area contributed by atoms with Crippen LogP contribution in [0.2, 0.25) is 0 Å². The minimum atomic E-state index is 0. The lowest BCUT2D eigenvalue weighted by Crippen LogP contribution is -2.50. The van der Waals surface area contributed by atoms with Crippen LogP contribution < -0.4 is 15.4 Å². The van der Waals surface area contributed by atoms with Crippen LogP contribution in [-0.2, 0) is 0 Å². The number of rotatable bonds is 10. The van der Waals surface area contributed by atoms with Crippen molar-refractivity contribution in [2.75, 3.05) is 52.4 Å². The van der Waals surface area contributed by atoms with E-state index in [1.54, 1.807) is 0 Å². The first-order chi connectivity index (χ1) is 14.4. The van der Waals surface area contributed by atoms with Gasteiger partial charge in [0.2, 0.25) is 0 Å². The van der Waals surface area contributed by atoms with Gasteiger partial charge in [0.15, 0.2) is 5.96 Å². The zero-order valence-corrected chi connectivity index (χ0v) is 22.7. The van der Waals surface area contributed by atoms with E-state index in [9.17, 15) is 0 Å². The Morgan fingerprint density at radius 2 is 1.68 bits per heavy atom. The number of hydrogen-bond acceptors (Lipinski definition) is 4. The van der Waals surface area contributed by atoms with Gasteiger partial charge in [0.1, 0.15) is 5.75 Å². The molecule has 1 aliphatic heterocycles. The molecule has 1 heterocycles. The summed E-state index contributed by atoms with van der Waals surface area (Å²) in [6.45, 7) is 21.3. The molecule has 1 aromatic carbocycles. The second-order valence-corrected chi connectivity index (χ2v) is 8.68. The number of likely N-dealkylation sites (N-methyl/N-ethyl adjacent to an activating group) is 1. The summed E-state index contributed by atoms with van der Waals surface area (Å²) in [5.74, 6) is 2.34. The van der Waals surface area contributed by atoms with Gasteiger partial charge in [-0.15, -0.1) is 24.0 Å². The Bertz CT molecular complexity index is 629. The molecule has 178 valence electrons. The van der Waals surface area contributed by atoms with E-state index in [1.165, 1.54) is 5.56 Å². The summed E-state index contributed by atoms with van der Waals surface area (Å²) < 4.78 is 5.79. The molecule has 2 N–H and O–H groups in total. The van der Waals surface area contributed by atoms with Crippen LogP contribution in [0.1, 0.15) is 53.1 Å². The van der Waals surface area contributed by atoms with Crippen molar-refractivity contribution >= 4 is 29.9 Å². The fourth-order valence-electron chi connectivity index (χ4n) is 3.58. The molecule has 2 unspecified atom stereocenters. The van der Waals surface area contributed by atoms with Gasteiger partial charge in [-0.25, -0.2) is 0 Å². The quantitative estimate of drug-likeness (QED) is 0.265. The smallest absolute Gasteiger partial charge is 0.191 e. The summed E-state index contributed by atoms with van der Waals surface area (Å²) in [7, 11) is 0. The van der Waals surface area contributed by atoms with Gasteiger partial charge in [-0.1, -0.05) is 32.9 Å². The van der Waals surface area contributed by atoms with Crippen LogP contribution in [0, 0.1) is 5.92 Å². The van der Waals surface area contributed by atoms with Crippen molar-refractivity contribution < 1.29 is 4.74 Å². The number of ether oxygens (including phenoxy) is 1. The number of hydrogen-bond donors (Lipinski definition) is 2. The average Bonchev–Trinajstić information content (AvgIpc) is 2.76. The van der Waals surface area contributed by atoms with Gasteiger partial charge < -0.3 is 20.3 Å². The molecular weight excluding hydrogens is 501 g/mol. The molecule has 1 aliphatic rings. The first-order valence-electron chi connectivity index (χ1n) is 11.7. The molecule has 7 heteroatoms. The second kappa shape index (κ2) is 14.9. The van der Waals surface area contributed by atoms with Gasteiger partial charge in [0.05, 0.1) is 19.2 Å². The third kappa shape index (κ3) is 9.95. The highest BCUT2D eigenvalue weighted by molar-refractivity contribution is 14.0. The van der Waals surface area contributed by atoms with Gasteiger partial charge in [-0.3, -0.25) is 9.89 Å². The molecular formula is C24H44IN5O. The molecule has 0 amide bonds. The fourth-order valence-corrected chi connectivity index (χ4v) is 3.58. The minimum absolute atomic E-state index is 0. The molecule has 1 aromatic rings. The molecule has 0 spiro atoms. The largest absolute Gasteiger partial charge is 0.493 e. The molecule has 0 aliphatic carbocycles. The number of halogens is 1. The highest BCUT2D eigenvalue weighted by Gasteiger charge is 2.20. The Kier molecular flexibility index (Phi) is 13.4. The van der Waals surface area contributed by atoms with Gasteiger partial charge in [0.25, 0.3) is 0 Å². The molecule has 2 rings (SSSR count). The van der Waals surface area contributed by atoms with Gasteiger partial charge in [-0.2, -0.15) is 0 Å². The molecule has 0 aromatic heterocycles. The Balaban J connectivity index is 0.00000480. The molecule has 0 bridgehead atoms. The molecule has 1 saturated heterocycles. The fraction of sp³-hybridized carbons (Fsp3) is 0.708. The van der Waals surface area contributed by atoms with Crippen molar-refractivity contribution in [1.29, 1.82) is 0 Å². The maximum atomic E-state index is 5.79. The van der Waals surface area contributed by atoms with E-state index in [-0.39, 0.29) is 30.0 Å². The first-order valence-corrected chi connectivity index (χ1v) is 11.7. The second-order valence-electron chi connectivity index (χ2n) is 8.68. The SMILES string of the molecule is CCNC(=NCC(C)N1CCN(CC)CC1)NC(C)c1ccc(OCC(C)C)cc1.I. The van der Waals surface area contributed by atoms with E-state index in [0.29, 0.717) is 12.0 Å². The van der Waals surface area contributed by atoms with Crippen LogP contribution >= 0.6 is 24.0 Å². The van der Waals surface area contributed by atoms with Gasteiger partial charge in [-0.05, 0) is 50.9 Å². The van der Waals surface area contributed by atoms with Crippen molar-refractivity contribution in [2.45, 2.75) is 53.6 Å². The summed E-state index contributed by atoms with van der Waals surface area (Å²) in [6.07, 6.45) is 0. The summed E-state index contributed by atoms with van der Waals surface area (Å²) >= 11 is 0. The predicted molar refractivity (Wildman–Crippen MR) is 143 cm³/mol. The average molecular weight is 546 g/mol. The molecule has 31 heavy (non-hydrogen) atoms. The molecule has 0 radical (unpaired) electrons. The Morgan fingerprint density at radius 1 is 1.03 bits per heavy atom. The third-order valence-electron chi connectivity index (χ3n) is 5.65. The van der Waals surface area contributed by atoms with Crippen molar-refractivity contribution in [3.05, 3.63) is 29.8 Å². The summed E-state index contributed by atoms with van der Waals surface area (Å²) in [6, 6.07) is 8.99. The maximum Gasteiger partial charge on any atom is 0.191 e. The van der Waals surface area contributed by atoms with E-state index in [2.05, 4.69) is 86.2 Å². The summed E-state index contributed by atoms with van der Waals surface area (Å²) in [5, 5.41) is 6.94. The zero-order chi connectivity index (χ0) is 21.9. The highest BCUT2D eigenvalue weighted by Crippen LogP contribution is 2.18. The topological polar surface area (TPSA) is 52.1 Å².